The lowest BCUT2D eigenvalue weighted by atomic mass is 9.84. The topological polar surface area (TPSA) is 78.4 Å². The molecule has 2 amide bonds. The molecule has 0 saturated heterocycles. The van der Waals surface area contributed by atoms with Crippen molar-refractivity contribution in [3.05, 3.63) is 0 Å². The predicted molar refractivity (Wildman–Crippen MR) is 81.1 cm³/mol. The van der Waals surface area contributed by atoms with Gasteiger partial charge in [-0.25, -0.2) is 4.79 Å². The van der Waals surface area contributed by atoms with E-state index in [4.69, 9.17) is 5.11 Å². The molecule has 5 nitrogen and oxygen atoms in total. The number of carbonyl (C=O) groups excluding carboxylic acids is 1. The van der Waals surface area contributed by atoms with Crippen LogP contribution in [-0.2, 0) is 4.79 Å². The number of carboxylic acid groups (broad SMARTS) is 1. The Morgan fingerprint density at radius 1 is 1.00 bits per heavy atom. The Bertz CT molecular complexity index is 365. The maximum Gasteiger partial charge on any atom is 0.315 e. The highest BCUT2D eigenvalue weighted by molar-refractivity contribution is 5.75. The van der Waals surface area contributed by atoms with Gasteiger partial charge in [-0.15, -0.1) is 0 Å². The van der Waals surface area contributed by atoms with E-state index in [0.717, 1.165) is 38.0 Å². The third-order valence-corrected chi connectivity index (χ3v) is 5.12. The molecule has 2 aliphatic carbocycles. The zero-order valence-electron chi connectivity index (χ0n) is 12.9. The van der Waals surface area contributed by atoms with E-state index >= 15 is 0 Å². The summed E-state index contributed by atoms with van der Waals surface area (Å²) in [7, 11) is 0. The van der Waals surface area contributed by atoms with E-state index in [1.54, 1.807) is 0 Å². The standard InChI is InChI=1S/C16H28N2O3/c1-2-11-6-8-13(9-7-11)17-16(21)18-14-5-3-4-12(10-14)15(19)20/h11-14H,2-10H2,1H3,(H,19,20)(H2,17,18,21). The molecule has 2 saturated carbocycles. The molecule has 5 heteroatoms. The largest absolute Gasteiger partial charge is 0.481 e. The number of urea groups is 1. The van der Waals surface area contributed by atoms with E-state index in [9.17, 15) is 9.59 Å². The number of hydrogen-bond donors (Lipinski definition) is 3. The van der Waals surface area contributed by atoms with E-state index in [1.807, 2.05) is 0 Å². The zero-order chi connectivity index (χ0) is 15.2. The van der Waals surface area contributed by atoms with Gasteiger partial charge in [0.05, 0.1) is 5.92 Å². The van der Waals surface area contributed by atoms with Crippen LogP contribution in [0.25, 0.3) is 0 Å². The van der Waals surface area contributed by atoms with Crippen LogP contribution in [0.1, 0.15) is 64.7 Å². The molecule has 2 unspecified atom stereocenters. The Morgan fingerprint density at radius 2 is 1.67 bits per heavy atom. The van der Waals surface area contributed by atoms with Crippen LogP contribution in [0, 0.1) is 11.8 Å². The van der Waals surface area contributed by atoms with E-state index in [-0.39, 0.29) is 24.0 Å². The smallest absolute Gasteiger partial charge is 0.315 e. The summed E-state index contributed by atoms with van der Waals surface area (Å²) >= 11 is 0. The maximum absolute atomic E-state index is 12.0. The predicted octanol–water partition coefficient (Wildman–Crippen LogP) is 2.90. The van der Waals surface area contributed by atoms with Crippen molar-refractivity contribution in [3.63, 3.8) is 0 Å². The first-order chi connectivity index (χ1) is 10.1. The molecule has 0 aromatic heterocycles. The van der Waals surface area contributed by atoms with Crippen LogP contribution in [0.5, 0.6) is 0 Å². The number of aliphatic carboxylic acids is 1. The molecule has 0 radical (unpaired) electrons. The van der Waals surface area contributed by atoms with Crippen molar-refractivity contribution in [2.75, 3.05) is 0 Å². The molecule has 21 heavy (non-hydrogen) atoms. The highest BCUT2D eigenvalue weighted by Gasteiger charge is 2.28. The first-order valence-corrected chi connectivity index (χ1v) is 8.38. The van der Waals surface area contributed by atoms with Gasteiger partial charge in [-0.3, -0.25) is 4.79 Å². The molecule has 0 aromatic rings. The summed E-state index contributed by atoms with van der Waals surface area (Å²) in [6.07, 6.45) is 8.82. The molecule has 2 fully saturated rings. The Kier molecular flexibility index (Phi) is 5.88. The second-order valence-corrected chi connectivity index (χ2v) is 6.64. The van der Waals surface area contributed by atoms with Gasteiger partial charge in [-0.2, -0.15) is 0 Å². The molecular formula is C16H28N2O3. The molecule has 2 rings (SSSR count). The van der Waals surface area contributed by atoms with Crippen molar-refractivity contribution >= 4 is 12.0 Å². The fourth-order valence-corrected chi connectivity index (χ4v) is 3.67. The average molecular weight is 296 g/mol. The van der Waals surface area contributed by atoms with Crippen LogP contribution in [0.4, 0.5) is 4.79 Å². The van der Waals surface area contributed by atoms with E-state index < -0.39 is 5.97 Å². The minimum atomic E-state index is -0.736. The van der Waals surface area contributed by atoms with Crippen molar-refractivity contribution in [2.45, 2.75) is 76.8 Å². The fraction of sp³-hybridized carbons (Fsp3) is 0.875. The Hall–Kier alpha value is -1.26. The molecule has 0 aliphatic heterocycles. The van der Waals surface area contributed by atoms with Gasteiger partial charge in [-0.1, -0.05) is 19.8 Å². The molecule has 0 heterocycles. The first-order valence-electron chi connectivity index (χ1n) is 8.38. The Morgan fingerprint density at radius 3 is 2.29 bits per heavy atom. The minimum Gasteiger partial charge on any atom is -0.481 e. The molecule has 0 spiro atoms. The number of rotatable bonds is 4. The molecule has 2 aliphatic rings. The summed E-state index contributed by atoms with van der Waals surface area (Å²) in [6, 6.07) is 0.171. The highest BCUT2D eigenvalue weighted by Crippen LogP contribution is 2.27. The summed E-state index contributed by atoms with van der Waals surface area (Å²) in [5.41, 5.74) is 0. The lowest BCUT2D eigenvalue weighted by molar-refractivity contribution is -0.143. The van der Waals surface area contributed by atoms with Crippen LogP contribution in [0.15, 0.2) is 0 Å². The normalized spacial score (nSPS) is 33.2. The van der Waals surface area contributed by atoms with Gasteiger partial charge in [0.25, 0.3) is 0 Å². The van der Waals surface area contributed by atoms with Crippen molar-refractivity contribution in [1.29, 1.82) is 0 Å². The summed E-state index contributed by atoms with van der Waals surface area (Å²) in [5.74, 6) is -0.218. The lowest BCUT2D eigenvalue weighted by Gasteiger charge is -2.31. The second-order valence-electron chi connectivity index (χ2n) is 6.64. The van der Waals surface area contributed by atoms with Gasteiger partial charge in [0.2, 0.25) is 0 Å². The van der Waals surface area contributed by atoms with Gasteiger partial charge in [0, 0.05) is 12.1 Å². The summed E-state index contributed by atoms with van der Waals surface area (Å²) in [5, 5.41) is 15.1. The van der Waals surface area contributed by atoms with Crippen LogP contribution in [0.3, 0.4) is 0 Å². The van der Waals surface area contributed by atoms with Gasteiger partial charge < -0.3 is 15.7 Å². The quantitative estimate of drug-likeness (QED) is 0.746. The Balaban J connectivity index is 1.71. The summed E-state index contributed by atoms with van der Waals surface area (Å²) < 4.78 is 0. The summed E-state index contributed by atoms with van der Waals surface area (Å²) in [4.78, 5) is 23.1. The molecular weight excluding hydrogens is 268 g/mol. The third kappa shape index (κ3) is 4.90. The lowest BCUT2D eigenvalue weighted by Crippen LogP contribution is -2.48. The fourth-order valence-electron chi connectivity index (χ4n) is 3.67. The minimum absolute atomic E-state index is 0.00632. The van der Waals surface area contributed by atoms with Crippen LogP contribution >= 0.6 is 0 Å². The number of carboxylic acids is 1. The van der Waals surface area contributed by atoms with E-state index in [2.05, 4.69) is 17.6 Å². The molecule has 0 aromatic carbocycles. The highest BCUT2D eigenvalue weighted by atomic mass is 16.4. The number of nitrogens with one attached hydrogen (secondary N) is 2. The molecule has 3 N–H and O–H groups in total. The monoisotopic (exact) mass is 296 g/mol. The third-order valence-electron chi connectivity index (χ3n) is 5.12. The van der Waals surface area contributed by atoms with Gasteiger partial charge in [-0.05, 0) is 50.9 Å². The van der Waals surface area contributed by atoms with E-state index in [0.29, 0.717) is 6.42 Å². The summed E-state index contributed by atoms with van der Waals surface area (Å²) in [6.45, 7) is 2.23. The zero-order valence-corrected chi connectivity index (χ0v) is 12.9. The number of hydrogen-bond acceptors (Lipinski definition) is 2. The van der Waals surface area contributed by atoms with Gasteiger partial charge in [0.15, 0.2) is 0 Å². The number of amides is 2. The van der Waals surface area contributed by atoms with Crippen LogP contribution in [0.2, 0.25) is 0 Å². The second kappa shape index (κ2) is 7.66. The van der Waals surface area contributed by atoms with Crippen molar-refractivity contribution in [1.82, 2.24) is 10.6 Å². The SMILES string of the molecule is CCC1CCC(NC(=O)NC2CCCC(C(=O)O)C2)CC1. The van der Waals surface area contributed by atoms with E-state index in [1.165, 1.54) is 19.3 Å². The Labute approximate surface area is 126 Å². The van der Waals surface area contributed by atoms with Crippen LogP contribution < -0.4 is 10.6 Å². The molecule has 0 bridgehead atoms. The van der Waals surface area contributed by atoms with Gasteiger partial charge in [0.1, 0.15) is 0 Å². The maximum atomic E-state index is 12.0. The first kappa shape index (κ1) is 16.1. The molecule has 2 atom stereocenters. The van der Waals surface area contributed by atoms with Gasteiger partial charge >= 0.3 is 12.0 Å². The molecule has 120 valence electrons. The number of carbonyl (C=O) groups is 2. The van der Waals surface area contributed by atoms with Crippen LogP contribution in [-0.4, -0.2) is 29.2 Å². The van der Waals surface area contributed by atoms with Crippen molar-refractivity contribution < 1.29 is 14.7 Å². The average Bonchev–Trinajstić information content (AvgIpc) is 2.48. The van der Waals surface area contributed by atoms with Crippen molar-refractivity contribution in [2.24, 2.45) is 11.8 Å². The van der Waals surface area contributed by atoms with Crippen molar-refractivity contribution in [3.8, 4) is 0 Å².